The standard InChI is InChI=1S/C26H25F2NOS/c1-3-12-26(24-5-4-15-31-24)13-14-29(25(30)17-26)18(2)19-6-8-20(9-7-19)22-11-10-21(27)16-23(22)28/h3-11,15-16,18H,1,12-14,17H2,2H3/t18-,26?/m0/s1. The summed E-state index contributed by atoms with van der Waals surface area (Å²) in [5, 5.41) is 2.06. The highest BCUT2D eigenvalue weighted by Crippen LogP contribution is 2.43. The fourth-order valence-corrected chi connectivity index (χ4v) is 5.50. The first-order valence-corrected chi connectivity index (χ1v) is 11.3. The Morgan fingerprint density at radius 3 is 2.58 bits per heavy atom. The Kier molecular flexibility index (Phi) is 6.05. The quantitative estimate of drug-likeness (QED) is 0.385. The minimum atomic E-state index is -0.592. The van der Waals surface area contributed by atoms with Crippen molar-refractivity contribution in [2.24, 2.45) is 0 Å². The van der Waals surface area contributed by atoms with Crippen LogP contribution in [0, 0.1) is 11.6 Å². The Balaban J connectivity index is 1.52. The highest BCUT2D eigenvalue weighted by Gasteiger charge is 2.41. The third-order valence-corrected chi connectivity index (χ3v) is 7.44. The van der Waals surface area contributed by atoms with Crippen molar-refractivity contribution in [3.8, 4) is 11.1 Å². The summed E-state index contributed by atoms with van der Waals surface area (Å²) in [5.74, 6) is -1.04. The van der Waals surface area contributed by atoms with E-state index in [4.69, 9.17) is 0 Å². The summed E-state index contributed by atoms with van der Waals surface area (Å²) < 4.78 is 27.3. The van der Waals surface area contributed by atoms with E-state index in [1.54, 1.807) is 11.3 Å². The normalized spacial score (nSPS) is 20.0. The molecule has 2 nitrogen and oxygen atoms in total. The van der Waals surface area contributed by atoms with Gasteiger partial charge >= 0.3 is 0 Å². The maximum absolute atomic E-state index is 14.1. The predicted octanol–water partition coefficient (Wildman–Crippen LogP) is 6.89. The lowest BCUT2D eigenvalue weighted by molar-refractivity contribution is -0.138. The van der Waals surface area contributed by atoms with Crippen LogP contribution in [0.4, 0.5) is 8.78 Å². The molecule has 0 aliphatic carbocycles. The van der Waals surface area contributed by atoms with E-state index in [0.717, 1.165) is 24.5 Å². The van der Waals surface area contributed by atoms with Crippen molar-refractivity contribution in [1.82, 2.24) is 4.90 Å². The molecule has 1 fully saturated rings. The molecule has 31 heavy (non-hydrogen) atoms. The zero-order valence-corrected chi connectivity index (χ0v) is 18.3. The number of rotatable bonds is 6. The number of likely N-dealkylation sites (tertiary alicyclic amines) is 1. The van der Waals surface area contributed by atoms with Gasteiger partial charge < -0.3 is 4.90 Å². The first kappa shape index (κ1) is 21.4. The summed E-state index contributed by atoms with van der Waals surface area (Å²) in [5.41, 5.74) is 1.88. The average molecular weight is 438 g/mol. The molecule has 0 N–H and O–H groups in total. The lowest BCUT2D eigenvalue weighted by Crippen LogP contribution is -2.46. The van der Waals surface area contributed by atoms with E-state index in [2.05, 4.69) is 18.0 Å². The molecule has 1 saturated heterocycles. The molecule has 2 atom stereocenters. The number of amides is 1. The van der Waals surface area contributed by atoms with Crippen molar-refractivity contribution >= 4 is 17.2 Å². The number of halogens is 2. The van der Waals surface area contributed by atoms with E-state index in [1.807, 2.05) is 48.2 Å². The van der Waals surface area contributed by atoms with Gasteiger partial charge in [0.2, 0.25) is 5.91 Å². The van der Waals surface area contributed by atoms with Gasteiger partial charge in [-0.2, -0.15) is 0 Å². The van der Waals surface area contributed by atoms with Gasteiger partial charge in [-0.1, -0.05) is 36.4 Å². The summed E-state index contributed by atoms with van der Waals surface area (Å²) in [6.45, 7) is 6.62. The van der Waals surface area contributed by atoms with E-state index in [1.165, 1.54) is 17.0 Å². The smallest absolute Gasteiger partial charge is 0.224 e. The first-order valence-electron chi connectivity index (χ1n) is 10.4. The molecule has 1 amide bonds. The van der Waals surface area contributed by atoms with Crippen LogP contribution in [0.15, 0.2) is 72.6 Å². The van der Waals surface area contributed by atoms with Crippen molar-refractivity contribution in [2.75, 3.05) is 6.54 Å². The van der Waals surface area contributed by atoms with Crippen molar-refractivity contribution in [3.63, 3.8) is 0 Å². The molecule has 1 aliphatic heterocycles. The van der Waals surface area contributed by atoms with Crippen molar-refractivity contribution in [2.45, 2.75) is 37.6 Å². The first-order chi connectivity index (χ1) is 14.9. The van der Waals surface area contributed by atoms with Crippen LogP contribution < -0.4 is 0 Å². The Labute approximate surface area is 185 Å². The lowest BCUT2D eigenvalue weighted by atomic mass is 9.73. The Morgan fingerprint density at radius 1 is 1.19 bits per heavy atom. The number of carbonyl (C=O) groups is 1. The van der Waals surface area contributed by atoms with E-state index < -0.39 is 11.6 Å². The fraction of sp³-hybridized carbons (Fsp3) is 0.269. The predicted molar refractivity (Wildman–Crippen MR) is 122 cm³/mol. The molecule has 0 bridgehead atoms. The molecule has 1 unspecified atom stereocenters. The summed E-state index contributed by atoms with van der Waals surface area (Å²) in [7, 11) is 0. The van der Waals surface area contributed by atoms with Crippen LogP contribution in [0.5, 0.6) is 0 Å². The second kappa shape index (κ2) is 8.75. The van der Waals surface area contributed by atoms with Crippen LogP contribution in [0.1, 0.15) is 42.7 Å². The van der Waals surface area contributed by atoms with Gasteiger partial charge in [0.15, 0.2) is 0 Å². The largest absolute Gasteiger partial charge is 0.336 e. The second-order valence-corrected chi connectivity index (χ2v) is 9.13. The Bertz CT molecular complexity index is 1080. The SMILES string of the molecule is C=CCC1(c2cccs2)CCN([C@@H](C)c2ccc(-c3ccc(F)cc3F)cc2)C(=O)C1. The van der Waals surface area contributed by atoms with E-state index in [9.17, 15) is 13.6 Å². The number of allylic oxidation sites excluding steroid dienone is 1. The molecule has 2 heterocycles. The zero-order chi connectivity index (χ0) is 22.0. The monoisotopic (exact) mass is 437 g/mol. The minimum absolute atomic E-state index is 0.0790. The van der Waals surface area contributed by atoms with Crippen molar-refractivity contribution in [3.05, 3.63) is 94.7 Å². The zero-order valence-electron chi connectivity index (χ0n) is 17.5. The maximum atomic E-state index is 14.1. The van der Waals surface area contributed by atoms with Gasteiger partial charge in [0.25, 0.3) is 0 Å². The number of benzene rings is 2. The van der Waals surface area contributed by atoms with Crippen molar-refractivity contribution < 1.29 is 13.6 Å². The van der Waals surface area contributed by atoms with Gasteiger partial charge in [0.1, 0.15) is 11.6 Å². The van der Waals surface area contributed by atoms with Crippen LogP contribution in [0.3, 0.4) is 0 Å². The summed E-state index contributed by atoms with van der Waals surface area (Å²) in [4.78, 5) is 16.4. The number of hydrogen-bond acceptors (Lipinski definition) is 2. The number of thiophene rings is 1. The van der Waals surface area contributed by atoms with Gasteiger partial charge in [-0.05, 0) is 54.5 Å². The molecule has 2 aromatic carbocycles. The molecule has 0 saturated carbocycles. The van der Waals surface area contributed by atoms with Gasteiger partial charge in [0, 0.05) is 34.9 Å². The number of hydrogen-bond donors (Lipinski definition) is 0. The number of nitrogens with zero attached hydrogens (tertiary/aromatic N) is 1. The van der Waals surface area contributed by atoms with Gasteiger partial charge in [-0.25, -0.2) is 8.78 Å². The van der Waals surface area contributed by atoms with Gasteiger partial charge in [0.05, 0.1) is 6.04 Å². The molecular formula is C26H25F2NOS. The summed E-state index contributed by atoms with van der Waals surface area (Å²) >= 11 is 1.71. The molecule has 1 aromatic heterocycles. The number of piperidine rings is 1. The molecular weight excluding hydrogens is 412 g/mol. The van der Waals surface area contributed by atoms with Crippen molar-refractivity contribution in [1.29, 1.82) is 0 Å². The van der Waals surface area contributed by atoms with Crippen LogP contribution in [0.2, 0.25) is 0 Å². The fourth-order valence-electron chi connectivity index (χ4n) is 4.53. The van der Waals surface area contributed by atoms with Crippen LogP contribution in [-0.2, 0) is 10.2 Å². The molecule has 160 valence electrons. The topological polar surface area (TPSA) is 20.3 Å². The molecule has 1 aliphatic rings. The number of carbonyl (C=O) groups excluding carboxylic acids is 1. The Morgan fingerprint density at radius 2 is 1.97 bits per heavy atom. The minimum Gasteiger partial charge on any atom is -0.336 e. The molecule has 3 aromatic rings. The molecule has 4 rings (SSSR count). The van der Waals surface area contributed by atoms with Gasteiger partial charge in [-0.15, -0.1) is 17.9 Å². The highest BCUT2D eigenvalue weighted by molar-refractivity contribution is 7.10. The Hall–Kier alpha value is -2.79. The second-order valence-electron chi connectivity index (χ2n) is 8.19. The van der Waals surface area contributed by atoms with E-state index in [0.29, 0.717) is 24.1 Å². The van der Waals surface area contributed by atoms with Crippen LogP contribution in [0.25, 0.3) is 11.1 Å². The van der Waals surface area contributed by atoms with Gasteiger partial charge in [-0.3, -0.25) is 4.79 Å². The third kappa shape index (κ3) is 4.19. The lowest BCUT2D eigenvalue weighted by Gasteiger charge is -2.43. The average Bonchev–Trinajstić information content (AvgIpc) is 3.30. The summed E-state index contributed by atoms with van der Waals surface area (Å²) in [6, 6.07) is 15.2. The summed E-state index contributed by atoms with van der Waals surface area (Å²) in [6.07, 6.45) is 4.08. The molecule has 5 heteroatoms. The maximum Gasteiger partial charge on any atom is 0.224 e. The van der Waals surface area contributed by atoms with E-state index >= 15 is 0 Å². The highest BCUT2D eigenvalue weighted by atomic mass is 32.1. The third-order valence-electron chi connectivity index (χ3n) is 6.32. The van der Waals surface area contributed by atoms with Crippen LogP contribution in [-0.4, -0.2) is 17.4 Å². The molecule has 0 spiro atoms. The molecule has 0 radical (unpaired) electrons. The van der Waals surface area contributed by atoms with E-state index in [-0.39, 0.29) is 17.4 Å². The van der Waals surface area contributed by atoms with Crippen LogP contribution >= 0.6 is 11.3 Å².